The Hall–Kier alpha value is -0.0800. The van der Waals surface area contributed by atoms with Crippen LogP contribution in [0.25, 0.3) is 0 Å². The van der Waals surface area contributed by atoms with E-state index in [1.165, 1.54) is 0 Å². The number of nitrogens with zero attached hydrogens (tertiary/aromatic N) is 1. The molecule has 2 nitrogen and oxygen atoms in total. The van der Waals surface area contributed by atoms with Crippen LogP contribution in [0.4, 0.5) is 0 Å². The van der Waals surface area contributed by atoms with Crippen molar-refractivity contribution < 1.29 is 6.48 Å². The van der Waals surface area contributed by atoms with Gasteiger partial charge in [-0.25, -0.2) is 0 Å². The maximum atomic E-state index is 9.13. The van der Waals surface area contributed by atoms with Crippen LogP contribution in [-0.2, 0) is 0 Å². The Balaban J connectivity index is 2.35. The number of likely N-dealkylation sites (tertiary alicyclic amines) is 1. The lowest BCUT2D eigenvalue weighted by atomic mass is 10.1. The molecule has 1 fully saturated rings. The van der Waals surface area contributed by atoms with Crippen molar-refractivity contribution in [1.29, 1.82) is 0 Å². The molecule has 1 aliphatic rings. The summed E-state index contributed by atoms with van der Waals surface area (Å²) in [6, 6.07) is 0. The van der Waals surface area contributed by atoms with E-state index >= 15 is 0 Å². The fourth-order valence-corrected chi connectivity index (χ4v) is 0.877. The van der Waals surface area contributed by atoms with Gasteiger partial charge in [0, 0.05) is 13.1 Å². The first-order chi connectivity index (χ1) is 4.10. The molecule has 0 saturated carbocycles. The molecule has 0 spiro atoms. The third kappa shape index (κ3) is 1.46. The van der Waals surface area contributed by atoms with Crippen molar-refractivity contribution in [2.75, 3.05) is 20.1 Å². The second-order valence-corrected chi connectivity index (χ2v) is 2.37. The van der Waals surface area contributed by atoms with Crippen LogP contribution in [-0.4, -0.2) is 36.2 Å². The van der Waals surface area contributed by atoms with E-state index in [0.29, 0.717) is 12.8 Å². The minimum atomic E-state index is -1.13. The van der Waals surface area contributed by atoms with Gasteiger partial charge in [-0.2, -0.15) is 0 Å². The predicted octanol–water partition coefficient (Wildman–Crippen LogP) is 0.0729. The normalized spacial score (nSPS) is 32.0. The second kappa shape index (κ2) is 2.46. The van der Waals surface area contributed by atoms with Crippen LogP contribution in [0.2, 0.25) is 0 Å². The van der Waals surface area contributed by atoms with Crippen LogP contribution in [0.5, 0.6) is 0 Å². The highest BCUT2D eigenvalue weighted by Gasteiger charge is 2.12. The third-order valence-electron chi connectivity index (χ3n) is 1.56. The molecule has 0 atom stereocenters. The van der Waals surface area contributed by atoms with Crippen LogP contribution in [0.15, 0.2) is 0 Å². The summed E-state index contributed by atoms with van der Waals surface area (Å²) in [4.78, 5) is 2.13. The molecular weight excluding hydrogens is 102 g/mol. The molecule has 1 saturated heterocycles. The van der Waals surface area contributed by atoms with Crippen molar-refractivity contribution in [3.05, 3.63) is 0 Å². The first-order valence-corrected chi connectivity index (χ1v) is 3.01. The molecule has 0 bridgehead atoms. The molecule has 0 aliphatic carbocycles. The lowest BCUT2D eigenvalue weighted by Crippen LogP contribution is -2.32. The molecule has 0 aromatic heterocycles. The molecule has 1 aliphatic heterocycles. The number of aliphatic hydroxyl groups is 1. The van der Waals surface area contributed by atoms with E-state index in [9.17, 15) is 0 Å². The molecule has 48 valence electrons. The van der Waals surface area contributed by atoms with Crippen LogP contribution in [0.3, 0.4) is 0 Å². The third-order valence-corrected chi connectivity index (χ3v) is 1.56. The summed E-state index contributed by atoms with van der Waals surface area (Å²) in [7, 11) is 2.01. The van der Waals surface area contributed by atoms with E-state index in [1.807, 2.05) is 7.05 Å². The van der Waals surface area contributed by atoms with Crippen LogP contribution in [0, 0.1) is 0 Å². The zero-order valence-corrected chi connectivity index (χ0v) is 5.22. The standard InChI is InChI=1S/C6H13NO/c1-7-4-2-6(8)3-5-7/h6,8H,2-5H2,1H3/i6D. The lowest BCUT2D eigenvalue weighted by molar-refractivity contribution is 0.0943. The Morgan fingerprint density at radius 3 is 2.50 bits per heavy atom. The van der Waals surface area contributed by atoms with E-state index in [0.717, 1.165) is 13.1 Å². The van der Waals surface area contributed by atoms with Crippen molar-refractivity contribution in [3.8, 4) is 0 Å². The molecule has 8 heavy (non-hydrogen) atoms. The molecule has 1 rings (SSSR count). The van der Waals surface area contributed by atoms with Crippen LogP contribution in [0.1, 0.15) is 14.2 Å². The van der Waals surface area contributed by atoms with Crippen LogP contribution >= 0.6 is 0 Å². The highest BCUT2D eigenvalue weighted by Crippen LogP contribution is 2.06. The summed E-state index contributed by atoms with van der Waals surface area (Å²) in [5.41, 5.74) is 0. The van der Waals surface area contributed by atoms with Crippen LogP contribution < -0.4 is 0 Å². The number of hydrogen-bond acceptors (Lipinski definition) is 2. The Labute approximate surface area is 51.5 Å². The molecule has 0 aromatic carbocycles. The average molecular weight is 116 g/mol. The van der Waals surface area contributed by atoms with Gasteiger partial charge in [0.05, 0.1) is 7.45 Å². The Kier molecular flexibility index (Phi) is 1.47. The number of rotatable bonds is 0. The maximum Gasteiger partial charge on any atom is 0.0601 e. The monoisotopic (exact) mass is 116 g/mol. The zero-order valence-electron chi connectivity index (χ0n) is 6.22. The predicted molar refractivity (Wildman–Crippen MR) is 32.7 cm³/mol. The summed E-state index contributed by atoms with van der Waals surface area (Å²) in [5, 5.41) is 9.13. The van der Waals surface area contributed by atoms with Gasteiger partial charge in [0.25, 0.3) is 0 Å². The average Bonchev–Trinajstić information content (AvgIpc) is 1.78. The lowest BCUT2D eigenvalue weighted by Gasteiger charge is -2.25. The quantitative estimate of drug-likeness (QED) is 0.484. The van der Waals surface area contributed by atoms with Crippen molar-refractivity contribution in [2.24, 2.45) is 0 Å². The minimum Gasteiger partial charge on any atom is -0.393 e. The summed E-state index contributed by atoms with van der Waals surface area (Å²) in [5.74, 6) is 0. The highest BCUT2D eigenvalue weighted by atomic mass is 16.3. The van der Waals surface area contributed by atoms with Gasteiger partial charge in [0.15, 0.2) is 0 Å². The van der Waals surface area contributed by atoms with Gasteiger partial charge in [0.1, 0.15) is 0 Å². The van der Waals surface area contributed by atoms with Gasteiger partial charge in [-0.15, -0.1) is 0 Å². The Morgan fingerprint density at radius 1 is 1.62 bits per heavy atom. The summed E-state index contributed by atoms with van der Waals surface area (Å²) in [6.45, 7) is 1.69. The summed E-state index contributed by atoms with van der Waals surface area (Å²) < 4.78 is 7.24. The van der Waals surface area contributed by atoms with E-state index in [2.05, 4.69) is 4.90 Å². The van der Waals surface area contributed by atoms with Crippen molar-refractivity contribution >= 4 is 0 Å². The number of hydrogen-bond donors (Lipinski definition) is 1. The molecule has 0 radical (unpaired) electrons. The molecular formula is C6H13NO. The van der Waals surface area contributed by atoms with Gasteiger partial charge < -0.3 is 10.0 Å². The largest absolute Gasteiger partial charge is 0.393 e. The fourth-order valence-electron chi connectivity index (χ4n) is 0.877. The minimum absolute atomic E-state index is 0.587. The second-order valence-electron chi connectivity index (χ2n) is 2.37. The summed E-state index contributed by atoms with van der Waals surface area (Å²) in [6.07, 6.45) is 0.0412. The van der Waals surface area contributed by atoms with Crippen molar-refractivity contribution in [2.45, 2.75) is 18.9 Å². The fraction of sp³-hybridized carbons (Fsp3) is 1.00. The maximum absolute atomic E-state index is 9.13. The SMILES string of the molecule is [2H]C1(O)CCN(C)CC1. The molecule has 0 amide bonds. The van der Waals surface area contributed by atoms with Gasteiger partial charge >= 0.3 is 0 Å². The van der Waals surface area contributed by atoms with Gasteiger partial charge in [-0.05, 0) is 19.9 Å². The smallest absolute Gasteiger partial charge is 0.0601 e. The van der Waals surface area contributed by atoms with E-state index in [-0.39, 0.29) is 0 Å². The van der Waals surface area contributed by atoms with Gasteiger partial charge in [-0.3, -0.25) is 0 Å². The molecule has 0 unspecified atom stereocenters. The first-order valence-electron chi connectivity index (χ1n) is 3.51. The molecule has 1 N–H and O–H groups in total. The number of piperidine rings is 1. The first kappa shape index (κ1) is 4.77. The molecule has 1 heterocycles. The van der Waals surface area contributed by atoms with Crippen molar-refractivity contribution in [1.82, 2.24) is 4.90 Å². The van der Waals surface area contributed by atoms with Gasteiger partial charge in [-0.1, -0.05) is 0 Å². The highest BCUT2D eigenvalue weighted by molar-refractivity contribution is 4.67. The summed E-state index contributed by atoms with van der Waals surface area (Å²) >= 11 is 0. The van der Waals surface area contributed by atoms with E-state index in [1.54, 1.807) is 0 Å². The van der Waals surface area contributed by atoms with Crippen molar-refractivity contribution in [3.63, 3.8) is 0 Å². The molecule has 0 aromatic rings. The molecule has 2 heteroatoms. The van der Waals surface area contributed by atoms with E-state index in [4.69, 9.17) is 6.48 Å². The topological polar surface area (TPSA) is 23.5 Å². The van der Waals surface area contributed by atoms with Gasteiger partial charge in [0.2, 0.25) is 0 Å². The zero-order chi connectivity index (χ0) is 6.91. The Bertz CT molecular complexity index is 95.2. The Morgan fingerprint density at radius 2 is 2.12 bits per heavy atom. The van der Waals surface area contributed by atoms with E-state index < -0.39 is 6.08 Å².